The van der Waals surface area contributed by atoms with Crippen molar-refractivity contribution in [3.05, 3.63) is 35.9 Å². The van der Waals surface area contributed by atoms with Crippen LogP contribution >= 0.6 is 0 Å². The van der Waals surface area contributed by atoms with Gasteiger partial charge in [0.25, 0.3) is 0 Å². The fourth-order valence-electron chi connectivity index (χ4n) is 3.45. The van der Waals surface area contributed by atoms with Crippen LogP contribution in [0.5, 0.6) is 0 Å². The van der Waals surface area contributed by atoms with Gasteiger partial charge >= 0.3 is 6.09 Å². The van der Waals surface area contributed by atoms with Gasteiger partial charge in [0.1, 0.15) is 0 Å². The van der Waals surface area contributed by atoms with Crippen LogP contribution in [0.25, 0.3) is 0 Å². The van der Waals surface area contributed by atoms with Crippen molar-refractivity contribution in [3.8, 4) is 0 Å². The van der Waals surface area contributed by atoms with Gasteiger partial charge in [-0.25, -0.2) is 4.79 Å². The fraction of sp³-hybridized carbons (Fsp3) is 0.588. The Kier molecular flexibility index (Phi) is 4.95. The van der Waals surface area contributed by atoms with Crippen LogP contribution in [-0.2, 0) is 4.74 Å². The largest absolute Gasteiger partial charge is 0.430 e. The molecule has 2 fully saturated rings. The Bertz CT molecular complexity index is 494. The molecule has 2 heterocycles. The summed E-state index contributed by atoms with van der Waals surface area (Å²) < 4.78 is 5.62. The topological polar surface area (TPSA) is 61.8 Å². The molecule has 120 valence electrons. The monoisotopic (exact) mass is 304 g/mol. The van der Waals surface area contributed by atoms with Gasteiger partial charge in [0.15, 0.2) is 6.23 Å². The van der Waals surface area contributed by atoms with Crippen LogP contribution in [0.2, 0.25) is 0 Å². The SMILES string of the molecule is O=C(OC1CC(c2ccccc2)CCN1)N1CCC[C@H]1CO. The summed E-state index contributed by atoms with van der Waals surface area (Å²) in [5.74, 6) is 0.424. The van der Waals surface area contributed by atoms with Crippen molar-refractivity contribution in [2.45, 2.75) is 43.9 Å². The van der Waals surface area contributed by atoms with E-state index in [0.29, 0.717) is 12.5 Å². The highest BCUT2D eigenvalue weighted by Gasteiger charge is 2.32. The lowest BCUT2D eigenvalue weighted by Gasteiger charge is -2.32. The summed E-state index contributed by atoms with van der Waals surface area (Å²) in [6.45, 7) is 1.54. The van der Waals surface area contributed by atoms with Crippen LogP contribution in [0.4, 0.5) is 4.79 Å². The standard InChI is InChI=1S/C17H24N2O3/c20-12-15-7-4-10-19(15)17(21)22-16-11-14(8-9-18-16)13-5-2-1-3-6-13/h1-3,5-6,14-16,18,20H,4,7-12H2/t14?,15-,16?/m0/s1. The molecule has 0 bridgehead atoms. The number of rotatable bonds is 3. The third-order valence-corrected chi connectivity index (χ3v) is 4.70. The van der Waals surface area contributed by atoms with Crippen LogP contribution in [0, 0.1) is 0 Å². The molecule has 2 saturated heterocycles. The number of hydrogen-bond donors (Lipinski definition) is 2. The van der Waals surface area contributed by atoms with E-state index >= 15 is 0 Å². The molecule has 1 aromatic carbocycles. The van der Waals surface area contributed by atoms with Gasteiger partial charge in [-0.3, -0.25) is 5.32 Å². The lowest BCUT2D eigenvalue weighted by molar-refractivity contribution is 0.0227. The van der Waals surface area contributed by atoms with Gasteiger partial charge in [0, 0.05) is 13.0 Å². The number of nitrogens with one attached hydrogen (secondary N) is 1. The van der Waals surface area contributed by atoms with Crippen molar-refractivity contribution in [1.82, 2.24) is 10.2 Å². The molecule has 1 aromatic rings. The number of carbonyl (C=O) groups excluding carboxylic acids is 1. The second kappa shape index (κ2) is 7.11. The van der Waals surface area contributed by atoms with E-state index in [2.05, 4.69) is 29.6 Å². The molecule has 2 N–H and O–H groups in total. The minimum absolute atomic E-state index is 0.0137. The normalized spacial score (nSPS) is 28.6. The molecule has 0 saturated carbocycles. The third kappa shape index (κ3) is 3.42. The van der Waals surface area contributed by atoms with Gasteiger partial charge in [-0.05, 0) is 37.3 Å². The van der Waals surface area contributed by atoms with Gasteiger partial charge in [-0.1, -0.05) is 30.3 Å². The van der Waals surface area contributed by atoms with Gasteiger partial charge in [-0.2, -0.15) is 0 Å². The maximum Gasteiger partial charge on any atom is 0.411 e. The van der Waals surface area contributed by atoms with Gasteiger partial charge in [0.2, 0.25) is 0 Å². The first-order valence-electron chi connectivity index (χ1n) is 8.14. The molecule has 0 radical (unpaired) electrons. The van der Waals surface area contributed by atoms with Crippen molar-refractivity contribution in [2.75, 3.05) is 19.7 Å². The zero-order valence-electron chi connectivity index (χ0n) is 12.8. The summed E-state index contributed by atoms with van der Waals surface area (Å²) >= 11 is 0. The Morgan fingerprint density at radius 2 is 2.14 bits per heavy atom. The number of piperidine rings is 1. The molecular formula is C17H24N2O3. The van der Waals surface area contributed by atoms with Crippen LogP contribution in [0.1, 0.15) is 37.2 Å². The van der Waals surface area contributed by atoms with E-state index < -0.39 is 0 Å². The van der Waals surface area contributed by atoms with E-state index in [0.717, 1.165) is 32.2 Å². The summed E-state index contributed by atoms with van der Waals surface area (Å²) in [6.07, 6.45) is 3.10. The number of aliphatic hydroxyl groups is 1. The molecule has 22 heavy (non-hydrogen) atoms. The molecule has 0 spiro atoms. The van der Waals surface area contributed by atoms with Gasteiger partial charge in [-0.15, -0.1) is 0 Å². The van der Waals surface area contributed by atoms with E-state index in [1.807, 2.05) is 6.07 Å². The molecule has 0 aliphatic carbocycles. The summed E-state index contributed by atoms with van der Waals surface area (Å²) in [5.41, 5.74) is 1.31. The number of aliphatic hydroxyl groups excluding tert-OH is 1. The first-order valence-corrected chi connectivity index (χ1v) is 8.14. The number of hydrogen-bond acceptors (Lipinski definition) is 4. The summed E-state index contributed by atoms with van der Waals surface area (Å²) in [7, 11) is 0. The first kappa shape index (κ1) is 15.3. The van der Waals surface area contributed by atoms with E-state index in [-0.39, 0.29) is 25.0 Å². The Morgan fingerprint density at radius 3 is 2.91 bits per heavy atom. The summed E-state index contributed by atoms with van der Waals surface area (Å²) in [5, 5.41) is 12.6. The quantitative estimate of drug-likeness (QED) is 0.897. The Hall–Kier alpha value is -1.59. The lowest BCUT2D eigenvalue weighted by Crippen LogP contribution is -2.45. The molecule has 1 amide bonds. The third-order valence-electron chi connectivity index (χ3n) is 4.70. The number of ether oxygens (including phenoxy) is 1. The van der Waals surface area contributed by atoms with Crippen LogP contribution in [-0.4, -0.2) is 48.1 Å². The maximum atomic E-state index is 12.3. The lowest BCUT2D eigenvalue weighted by atomic mass is 9.89. The van der Waals surface area contributed by atoms with Crippen LogP contribution in [0.3, 0.4) is 0 Å². The summed E-state index contributed by atoms with van der Waals surface area (Å²) in [4.78, 5) is 13.9. The zero-order chi connectivity index (χ0) is 15.4. The van der Waals surface area contributed by atoms with E-state index in [4.69, 9.17) is 4.74 Å². The van der Waals surface area contributed by atoms with E-state index in [1.54, 1.807) is 4.90 Å². The second-order valence-electron chi connectivity index (χ2n) is 6.13. The van der Waals surface area contributed by atoms with Crippen LogP contribution < -0.4 is 5.32 Å². The smallest absolute Gasteiger partial charge is 0.411 e. The predicted octanol–water partition coefficient (Wildman–Crippen LogP) is 2.07. The Morgan fingerprint density at radius 1 is 1.32 bits per heavy atom. The van der Waals surface area contributed by atoms with Crippen molar-refractivity contribution in [2.24, 2.45) is 0 Å². The van der Waals surface area contributed by atoms with Crippen molar-refractivity contribution < 1.29 is 14.6 Å². The number of benzene rings is 1. The molecule has 0 aromatic heterocycles. The Balaban J connectivity index is 1.57. The molecule has 2 unspecified atom stereocenters. The second-order valence-corrected chi connectivity index (χ2v) is 6.13. The number of nitrogens with zero attached hydrogens (tertiary/aromatic N) is 1. The van der Waals surface area contributed by atoms with E-state index in [9.17, 15) is 9.90 Å². The molecular weight excluding hydrogens is 280 g/mol. The minimum atomic E-state index is -0.303. The molecule has 2 aliphatic rings. The number of amides is 1. The van der Waals surface area contributed by atoms with Gasteiger partial charge in [0.05, 0.1) is 12.6 Å². The molecule has 5 nitrogen and oxygen atoms in total. The zero-order valence-corrected chi connectivity index (χ0v) is 12.8. The Labute approximate surface area is 131 Å². The van der Waals surface area contributed by atoms with Crippen molar-refractivity contribution >= 4 is 6.09 Å². The van der Waals surface area contributed by atoms with E-state index in [1.165, 1.54) is 5.56 Å². The van der Waals surface area contributed by atoms with Crippen molar-refractivity contribution in [1.29, 1.82) is 0 Å². The van der Waals surface area contributed by atoms with Gasteiger partial charge < -0.3 is 14.7 Å². The first-order chi connectivity index (χ1) is 10.8. The minimum Gasteiger partial charge on any atom is -0.430 e. The predicted molar refractivity (Wildman–Crippen MR) is 83.5 cm³/mol. The highest BCUT2D eigenvalue weighted by molar-refractivity contribution is 5.68. The molecule has 3 rings (SSSR count). The maximum absolute atomic E-state index is 12.3. The van der Waals surface area contributed by atoms with Crippen LogP contribution in [0.15, 0.2) is 30.3 Å². The number of likely N-dealkylation sites (tertiary alicyclic amines) is 1. The fourth-order valence-corrected chi connectivity index (χ4v) is 3.45. The van der Waals surface area contributed by atoms with Crippen molar-refractivity contribution in [3.63, 3.8) is 0 Å². The average molecular weight is 304 g/mol. The molecule has 3 atom stereocenters. The molecule has 5 heteroatoms. The highest BCUT2D eigenvalue weighted by Crippen LogP contribution is 2.28. The molecule has 2 aliphatic heterocycles. The highest BCUT2D eigenvalue weighted by atomic mass is 16.6. The number of carbonyl (C=O) groups is 1. The average Bonchev–Trinajstić information content (AvgIpc) is 3.05. The summed E-state index contributed by atoms with van der Waals surface area (Å²) in [6, 6.07) is 10.3.